The fraction of sp³-hybridized carbons (Fsp3) is 0.700. The Balaban J connectivity index is 1.96. The second-order valence-electron chi connectivity index (χ2n) is 4.37. The van der Waals surface area contributed by atoms with Crippen LogP contribution in [0.3, 0.4) is 0 Å². The minimum Gasteiger partial charge on any atom is -0.360 e. The van der Waals surface area contributed by atoms with Gasteiger partial charge in [-0.1, -0.05) is 11.3 Å². The van der Waals surface area contributed by atoms with E-state index < -0.39 is 9.84 Å². The fourth-order valence-electron chi connectivity index (χ4n) is 1.92. The number of hydrogen-bond acceptors (Lipinski definition) is 7. The number of carbonyl (C=O) groups excluding carboxylic acids is 1. The number of anilines is 1. The number of nitrogens with zero attached hydrogens (tertiary/aromatic N) is 2. The monoisotopic (exact) mass is 304 g/mol. The molecule has 106 valence electrons. The Morgan fingerprint density at radius 3 is 2.95 bits per heavy atom. The van der Waals surface area contributed by atoms with E-state index in [1.807, 2.05) is 6.92 Å². The van der Waals surface area contributed by atoms with Crippen LogP contribution in [-0.4, -0.2) is 48.6 Å². The Morgan fingerprint density at radius 1 is 1.47 bits per heavy atom. The molecule has 9 heteroatoms. The van der Waals surface area contributed by atoms with Crippen molar-refractivity contribution in [3.63, 3.8) is 0 Å². The lowest BCUT2D eigenvalue weighted by Gasteiger charge is -2.22. The van der Waals surface area contributed by atoms with Crippen molar-refractivity contribution >= 4 is 32.2 Å². The van der Waals surface area contributed by atoms with Crippen LogP contribution in [0.25, 0.3) is 0 Å². The van der Waals surface area contributed by atoms with Gasteiger partial charge in [0.2, 0.25) is 10.1 Å². The van der Waals surface area contributed by atoms with E-state index >= 15 is 0 Å². The van der Waals surface area contributed by atoms with Gasteiger partial charge in [-0.15, -0.1) is 10.2 Å². The maximum atomic E-state index is 11.9. The molecule has 0 radical (unpaired) electrons. The molecule has 1 saturated heterocycles. The number of carbonyl (C=O) groups is 1. The van der Waals surface area contributed by atoms with Gasteiger partial charge in [0.25, 0.3) is 5.91 Å². The van der Waals surface area contributed by atoms with Crippen molar-refractivity contribution in [2.45, 2.75) is 25.8 Å². The van der Waals surface area contributed by atoms with Crippen LogP contribution in [0.2, 0.25) is 0 Å². The third-order valence-corrected chi connectivity index (χ3v) is 5.45. The van der Waals surface area contributed by atoms with E-state index in [0.717, 1.165) is 11.3 Å². The first-order chi connectivity index (χ1) is 9.00. The van der Waals surface area contributed by atoms with Gasteiger partial charge in [-0.05, 0) is 19.8 Å². The molecular formula is C10H16N4O3S2. The molecule has 1 atom stereocenters. The summed E-state index contributed by atoms with van der Waals surface area (Å²) in [6, 6.07) is -0.322. The number of rotatable bonds is 4. The molecular weight excluding hydrogens is 288 g/mol. The summed E-state index contributed by atoms with van der Waals surface area (Å²) in [7, 11) is -3.02. The summed E-state index contributed by atoms with van der Waals surface area (Å²) in [5.74, 6) is -0.135. The quantitative estimate of drug-likeness (QED) is 0.828. The van der Waals surface area contributed by atoms with Gasteiger partial charge in [0.1, 0.15) is 0 Å². The van der Waals surface area contributed by atoms with Crippen LogP contribution in [0.1, 0.15) is 29.6 Å². The largest absolute Gasteiger partial charge is 0.360 e. The van der Waals surface area contributed by atoms with Crippen molar-refractivity contribution in [1.29, 1.82) is 0 Å². The van der Waals surface area contributed by atoms with Gasteiger partial charge in [0.15, 0.2) is 9.84 Å². The Morgan fingerprint density at radius 2 is 2.26 bits per heavy atom. The molecule has 0 aromatic carbocycles. The summed E-state index contributed by atoms with van der Waals surface area (Å²) in [5, 5.41) is 14.1. The van der Waals surface area contributed by atoms with Crippen LogP contribution in [0.4, 0.5) is 5.13 Å². The van der Waals surface area contributed by atoms with E-state index in [-0.39, 0.29) is 28.5 Å². The van der Waals surface area contributed by atoms with Crippen LogP contribution in [0.15, 0.2) is 0 Å². The average molecular weight is 304 g/mol. The smallest absolute Gasteiger partial charge is 0.282 e. The number of sulfone groups is 1. The normalized spacial score (nSPS) is 21.8. The van der Waals surface area contributed by atoms with E-state index in [4.69, 9.17) is 0 Å². The molecule has 1 aromatic heterocycles. The lowest BCUT2D eigenvalue weighted by Crippen LogP contribution is -2.43. The summed E-state index contributed by atoms with van der Waals surface area (Å²) in [6.45, 7) is 2.63. The Bertz CT molecular complexity index is 555. The van der Waals surface area contributed by atoms with Gasteiger partial charge in [0, 0.05) is 12.6 Å². The predicted octanol–water partition coefficient (Wildman–Crippen LogP) is 0.277. The average Bonchev–Trinajstić information content (AvgIpc) is 2.77. The van der Waals surface area contributed by atoms with Crippen molar-refractivity contribution in [1.82, 2.24) is 15.5 Å². The molecule has 2 N–H and O–H groups in total. The number of aromatic nitrogens is 2. The van der Waals surface area contributed by atoms with Gasteiger partial charge in [-0.2, -0.15) is 0 Å². The van der Waals surface area contributed by atoms with E-state index in [0.29, 0.717) is 24.5 Å². The molecule has 0 bridgehead atoms. The first kappa shape index (κ1) is 14.2. The highest BCUT2D eigenvalue weighted by Gasteiger charge is 2.27. The molecule has 7 nitrogen and oxygen atoms in total. The zero-order valence-corrected chi connectivity index (χ0v) is 12.2. The van der Waals surface area contributed by atoms with Gasteiger partial charge in [-0.25, -0.2) is 8.42 Å². The Labute approximate surface area is 115 Å². The van der Waals surface area contributed by atoms with Crippen LogP contribution in [-0.2, 0) is 9.84 Å². The second kappa shape index (κ2) is 5.83. The first-order valence-electron chi connectivity index (χ1n) is 6.09. The van der Waals surface area contributed by atoms with Gasteiger partial charge < -0.3 is 10.6 Å². The SMILES string of the molecule is CCNc1nnc(C(=O)NC2CCCS(=O)(=O)C2)s1. The zero-order valence-electron chi connectivity index (χ0n) is 10.5. The van der Waals surface area contributed by atoms with Gasteiger partial charge in [-0.3, -0.25) is 4.79 Å². The molecule has 0 aliphatic carbocycles. The minimum absolute atomic E-state index is 0.0115. The van der Waals surface area contributed by atoms with Crippen LogP contribution >= 0.6 is 11.3 Å². The maximum Gasteiger partial charge on any atom is 0.282 e. The third kappa shape index (κ3) is 3.87. The molecule has 1 unspecified atom stereocenters. The van der Waals surface area contributed by atoms with E-state index in [2.05, 4.69) is 20.8 Å². The molecule has 1 fully saturated rings. The lowest BCUT2D eigenvalue weighted by atomic mass is 10.2. The van der Waals surface area contributed by atoms with Gasteiger partial charge in [0.05, 0.1) is 11.5 Å². The Hall–Kier alpha value is -1.22. The summed E-state index contributed by atoms with van der Waals surface area (Å²) in [5.41, 5.74) is 0. The fourth-order valence-corrected chi connectivity index (χ4v) is 4.27. The van der Waals surface area contributed by atoms with E-state index in [1.54, 1.807) is 0 Å². The van der Waals surface area contributed by atoms with Crippen molar-refractivity contribution in [3.8, 4) is 0 Å². The van der Waals surface area contributed by atoms with Crippen molar-refractivity contribution < 1.29 is 13.2 Å². The first-order valence-corrected chi connectivity index (χ1v) is 8.72. The summed E-state index contributed by atoms with van der Waals surface area (Å²) >= 11 is 1.16. The Kier molecular flexibility index (Phi) is 4.35. The number of amides is 1. The topological polar surface area (TPSA) is 101 Å². The van der Waals surface area contributed by atoms with Gasteiger partial charge >= 0.3 is 0 Å². The summed E-state index contributed by atoms with van der Waals surface area (Å²) in [4.78, 5) is 11.9. The molecule has 2 rings (SSSR count). The van der Waals surface area contributed by atoms with E-state index in [1.165, 1.54) is 0 Å². The van der Waals surface area contributed by atoms with Crippen molar-refractivity contribution in [2.24, 2.45) is 0 Å². The molecule has 1 aliphatic rings. The summed E-state index contributed by atoms with van der Waals surface area (Å²) < 4.78 is 23.0. The number of hydrogen-bond donors (Lipinski definition) is 2. The molecule has 0 saturated carbocycles. The van der Waals surface area contributed by atoms with Crippen LogP contribution in [0, 0.1) is 0 Å². The van der Waals surface area contributed by atoms with E-state index in [9.17, 15) is 13.2 Å². The van der Waals surface area contributed by atoms with Crippen molar-refractivity contribution in [3.05, 3.63) is 5.01 Å². The summed E-state index contributed by atoms with van der Waals surface area (Å²) in [6.07, 6.45) is 1.27. The lowest BCUT2D eigenvalue weighted by molar-refractivity contribution is 0.0937. The molecule has 1 aromatic rings. The standard InChI is InChI=1S/C10H16N4O3S2/c1-2-11-10-14-13-9(18-10)8(15)12-7-4-3-5-19(16,17)6-7/h7H,2-6H2,1H3,(H,11,14)(H,12,15). The molecule has 19 heavy (non-hydrogen) atoms. The molecule has 1 aliphatic heterocycles. The maximum absolute atomic E-state index is 11.9. The van der Waals surface area contributed by atoms with Crippen molar-refractivity contribution in [2.75, 3.05) is 23.4 Å². The zero-order chi connectivity index (χ0) is 13.9. The minimum atomic E-state index is -3.02. The molecule has 1 amide bonds. The highest BCUT2D eigenvalue weighted by Crippen LogP contribution is 2.16. The van der Waals surface area contributed by atoms with Crippen LogP contribution < -0.4 is 10.6 Å². The molecule has 0 spiro atoms. The van der Waals surface area contributed by atoms with Crippen LogP contribution in [0.5, 0.6) is 0 Å². The number of nitrogens with one attached hydrogen (secondary N) is 2. The second-order valence-corrected chi connectivity index (χ2v) is 7.58. The predicted molar refractivity (Wildman–Crippen MR) is 73.2 cm³/mol. The highest BCUT2D eigenvalue weighted by atomic mass is 32.2. The highest BCUT2D eigenvalue weighted by molar-refractivity contribution is 7.91. The molecule has 2 heterocycles. The third-order valence-electron chi connectivity index (χ3n) is 2.75.